The lowest BCUT2D eigenvalue weighted by atomic mass is 9.92. The number of allylic oxidation sites excluding steroid dienone is 1. The summed E-state index contributed by atoms with van der Waals surface area (Å²) in [6, 6.07) is 9.10. The standard InChI is InChI=1S/C15H13NO3/c1-19-13-6-5-10-9-14-11(7-12(10)8-13)3-2-4-15(14)16(17)18/h2-4,7-9H,5-6H2,1H3. The molecule has 2 aromatic rings. The zero-order chi connectivity index (χ0) is 13.4. The van der Waals surface area contributed by atoms with E-state index in [9.17, 15) is 10.1 Å². The van der Waals surface area contributed by atoms with Gasteiger partial charge in [-0.05, 0) is 41.1 Å². The molecule has 96 valence electrons. The molecular formula is C15H13NO3. The molecule has 0 saturated heterocycles. The minimum absolute atomic E-state index is 0.168. The van der Waals surface area contributed by atoms with Gasteiger partial charge in [-0.1, -0.05) is 12.1 Å². The number of nitro groups is 1. The van der Waals surface area contributed by atoms with E-state index >= 15 is 0 Å². The van der Waals surface area contributed by atoms with Crippen LogP contribution in [-0.4, -0.2) is 12.0 Å². The number of hydrogen-bond acceptors (Lipinski definition) is 3. The lowest BCUT2D eigenvalue weighted by Crippen LogP contribution is -2.01. The van der Waals surface area contributed by atoms with E-state index in [1.807, 2.05) is 24.3 Å². The Hall–Kier alpha value is -2.36. The maximum atomic E-state index is 11.1. The number of methoxy groups -OCH3 is 1. The van der Waals surface area contributed by atoms with E-state index in [1.54, 1.807) is 19.2 Å². The molecule has 3 rings (SSSR count). The molecular weight excluding hydrogens is 242 g/mol. The Labute approximate surface area is 110 Å². The highest BCUT2D eigenvalue weighted by Crippen LogP contribution is 2.32. The maximum absolute atomic E-state index is 11.1. The summed E-state index contributed by atoms with van der Waals surface area (Å²) in [6.07, 6.45) is 3.71. The second-order valence-corrected chi connectivity index (χ2v) is 4.62. The van der Waals surface area contributed by atoms with E-state index in [1.165, 1.54) is 0 Å². The van der Waals surface area contributed by atoms with E-state index in [-0.39, 0.29) is 10.6 Å². The Kier molecular flexibility index (Phi) is 2.71. The zero-order valence-electron chi connectivity index (χ0n) is 10.6. The first-order chi connectivity index (χ1) is 9.19. The molecule has 0 saturated carbocycles. The lowest BCUT2D eigenvalue weighted by molar-refractivity contribution is -0.383. The first-order valence-corrected chi connectivity index (χ1v) is 6.13. The van der Waals surface area contributed by atoms with Crippen LogP contribution in [0.25, 0.3) is 16.8 Å². The molecule has 2 aromatic carbocycles. The first-order valence-electron chi connectivity index (χ1n) is 6.13. The second-order valence-electron chi connectivity index (χ2n) is 4.62. The Morgan fingerprint density at radius 1 is 1.26 bits per heavy atom. The highest BCUT2D eigenvalue weighted by molar-refractivity contribution is 5.93. The van der Waals surface area contributed by atoms with Crippen molar-refractivity contribution in [3.8, 4) is 0 Å². The van der Waals surface area contributed by atoms with E-state index in [4.69, 9.17) is 4.74 Å². The highest BCUT2D eigenvalue weighted by atomic mass is 16.6. The Morgan fingerprint density at radius 2 is 2.11 bits per heavy atom. The fourth-order valence-electron chi connectivity index (χ4n) is 2.55. The van der Waals surface area contributed by atoms with Crippen LogP contribution in [0.15, 0.2) is 36.1 Å². The predicted molar refractivity (Wildman–Crippen MR) is 73.9 cm³/mol. The van der Waals surface area contributed by atoms with Crippen LogP contribution in [0.4, 0.5) is 5.69 Å². The minimum Gasteiger partial charge on any atom is -0.501 e. The number of hydrogen-bond donors (Lipinski definition) is 0. The van der Waals surface area contributed by atoms with E-state index < -0.39 is 0 Å². The van der Waals surface area contributed by atoms with Gasteiger partial charge in [0.1, 0.15) is 0 Å². The molecule has 1 aliphatic carbocycles. The minimum atomic E-state index is -0.325. The third-order valence-electron chi connectivity index (χ3n) is 3.53. The monoisotopic (exact) mass is 255 g/mol. The van der Waals surface area contributed by atoms with Crippen LogP contribution >= 0.6 is 0 Å². The van der Waals surface area contributed by atoms with Crippen LogP contribution < -0.4 is 0 Å². The van der Waals surface area contributed by atoms with E-state index in [2.05, 4.69) is 0 Å². The number of aryl methyl sites for hydroxylation is 1. The predicted octanol–water partition coefficient (Wildman–Crippen LogP) is 3.68. The molecule has 19 heavy (non-hydrogen) atoms. The SMILES string of the molecule is COC1=Cc2cc3cccc([N+](=O)[O-])c3cc2CC1. The van der Waals surface area contributed by atoms with Crippen molar-refractivity contribution in [1.29, 1.82) is 0 Å². The summed E-state index contributed by atoms with van der Waals surface area (Å²) >= 11 is 0. The van der Waals surface area contributed by atoms with Crippen LogP contribution in [0, 0.1) is 10.1 Å². The summed E-state index contributed by atoms with van der Waals surface area (Å²) in [7, 11) is 1.67. The summed E-state index contributed by atoms with van der Waals surface area (Å²) in [6.45, 7) is 0. The molecule has 0 unspecified atom stereocenters. The number of benzene rings is 2. The lowest BCUT2D eigenvalue weighted by Gasteiger charge is -2.16. The molecule has 0 radical (unpaired) electrons. The van der Waals surface area contributed by atoms with Gasteiger partial charge in [-0.15, -0.1) is 0 Å². The van der Waals surface area contributed by atoms with Gasteiger partial charge in [-0.2, -0.15) is 0 Å². The zero-order valence-corrected chi connectivity index (χ0v) is 10.6. The van der Waals surface area contributed by atoms with Crippen LogP contribution in [0.1, 0.15) is 17.5 Å². The van der Waals surface area contributed by atoms with Crippen molar-refractivity contribution in [2.45, 2.75) is 12.8 Å². The second kappa shape index (κ2) is 4.39. The Balaban J connectivity index is 2.25. The number of non-ortho nitro benzene ring substituents is 1. The smallest absolute Gasteiger partial charge is 0.277 e. The largest absolute Gasteiger partial charge is 0.501 e. The summed E-state index contributed by atoms with van der Waals surface area (Å²) in [5, 5.41) is 12.7. The number of ether oxygens (including phenoxy) is 1. The third-order valence-corrected chi connectivity index (χ3v) is 3.53. The molecule has 4 nitrogen and oxygen atoms in total. The van der Waals surface area contributed by atoms with Crippen LogP contribution in [0.3, 0.4) is 0 Å². The maximum Gasteiger partial charge on any atom is 0.277 e. The fourth-order valence-corrected chi connectivity index (χ4v) is 2.55. The van der Waals surface area contributed by atoms with Gasteiger partial charge in [0.25, 0.3) is 5.69 Å². The summed E-state index contributed by atoms with van der Waals surface area (Å²) in [5.41, 5.74) is 2.40. The average Bonchev–Trinajstić information content (AvgIpc) is 2.43. The van der Waals surface area contributed by atoms with Crippen LogP contribution in [0.2, 0.25) is 0 Å². The van der Waals surface area contributed by atoms with Gasteiger partial charge >= 0.3 is 0 Å². The van der Waals surface area contributed by atoms with Crippen molar-refractivity contribution in [2.24, 2.45) is 0 Å². The molecule has 0 atom stereocenters. The molecule has 1 aliphatic rings. The van der Waals surface area contributed by atoms with Gasteiger partial charge in [0.05, 0.1) is 23.2 Å². The van der Waals surface area contributed by atoms with Crippen LogP contribution in [0.5, 0.6) is 0 Å². The molecule has 0 amide bonds. The van der Waals surface area contributed by atoms with Crippen molar-refractivity contribution in [3.63, 3.8) is 0 Å². The summed E-state index contributed by atoms with van der Waals surface area (Å²) in [4.78, 5) is 10.7. The Morgan fingerprint density at radius 3 is 2.84 bits per heavy atom. The fraction of sp³-hybridized carbons (Fsp3) is 0.200. The molecule has 0 aliphatic heterocycles. The average molecular weight is 255 g/mol. The molecule has 0 bridgehead atoms. The molecule has 4 heteroatoms. The van der Waals surface area contributed by atoms with Gasteiger partial charge in [0.2, 0.25) is 0 Å². The van der Waals surface area contributed by atoms with Crippen molar-refractivity contribution in [1.82, 2.24) is 0 Å². The highest BCUT2D eigenvalue weighted by Gasteiger charge is 2.16. The van der Waals surface area contributed by atoms with Gasteiger partial charge in [-0.3, -0.25) is 10.1 Å². The van der Waals surface area contributed by atoms with Crippen molar-refractivity contribution >= 4 is 22.5 Å². The normalized spacial score (nSPS) is 13.8. The quantitative estimate of drug-likeness (QED) is 0.607. The number of nitrogens with zero attached hydrogens (tertiary/aromatic N) is 1. The Bertz CT molecular complexity index is 704. The molecule has 0 spiro atoms. The third kappa shape index (κ3) is 1.95. The molecule has 0 N–H and O–H groups in total. The van der Waals surface area contributed by atoms with E-state index in [0.717, 1.165) is 35.1 Å². The van der Waals surface area contributed by atoms with Crippen molar-refractivity contribution < 1.29 is 9.66 Å². The topological polar surface area (TPSA) is 52.4 Å². The number of nitro benzene ring substituents is 1. The number of fused-ring (bicyclic) bond motifs is 2. The van der Waals surface area contributed by atoms with E-state index in [0.29, 0.717) is 5.39 Å². The van der Waals surface area contributed by atoms with Crippen molar-refractivity contribution in [3.05, 3.63) is 57.3 Å². The molecule has 0 heterocycles. The first kappa shape index (κ1) is 11.7. The van der Waals surface area contributed by atoms with Gasteiger partial charge in [0, 0.05) is 12.5 Å². The van der Waals surface area contributed by atoms with Crippen LogP contribution in [-0.2, 0) is 11.2 Å². The summed E-state index contributed by atoms with van der Waals surface area (Å²) < 4.78 is 5.27. The molecule has 0 fully saturated rings. The summed E-state index contributed by atoms with van der Waals surface area (Å²) in [5.74, 6) is 0.956. The van der Waals surface area contributed by atoms with Gasteiger partial charge in [0.15, 0.2) is 0 Å². The molecule has 0 aromatic heterocycles. The van der Waals surface area contributed by atoms with Gasteiger partial charge in [-0.25, -0.2) is 0 Å². The van der Waals surface area contributed by atoms with Gasteiger partial charge < -0.3 is 4.74 Å². The van der Waals surface area contributed by atoms with Crippen molar-refractivity contribution in [2.75, 3.05) is 7.11 Å². The number of rotatable bonds is 2.